The van der Waals surface area contributed by atoms with Gasteiger partial charge in [-0.25, -0.2) is 13.4 Å². The lowest BCUT2D eigenvalue weighted by molar-refractivity contribution is 0.471. The Morgan fingerprint density at radius 2 is 1.90 bits per heavy atom. The fraction of sp³-hybridized carbons (Fsp3) is 0.133. The molecular weight excluding hydrogens is 288 g/mol. The van der Waals surface area contributed by atoms with Gasteiger partial charge in [0.2, 0.25) is 0 Å². The second-order valence-corrected chi connectivity index (χ2v) is 7.05. The number of nitrogens with one attached hydrogen (secondary N) is 1. The Kier molecular flexibility index (Phi) is 2.98. The number of nitrogens with zero attached hydrogens (tertiary/aromatic N) is 1. The molecule has 0 unspecified atom stereocenters. The topological polar surface area (TPSA) is 83.0 Å². The van der Waals surface area contributed by atoms with Crippen LogP contribution in [-0.4, -0.2) is 29.7 Å². The predicted octanol–water partition coefficient (Wildman–Crippen LogP) is 2.65. The molecule has 0 radical (unpaired) electrons. The Balaban J connectivity index is 2.14. The number of aromatic nitrogens is 2. The van der Waals surface area contributed by atoms with Crippen LogP contribution in [0, 0.1) is 6.92 Å². The first-order valence-electron chi connectivity index (χ1n) is 6.34. The molecule has 0 aliphatic heterocycles. The molecule has 0 spiro atoms. The van der Waals surface area contributed by atoms with E-state index in [0.717, 1.165) is 11.1 Å². The summed E-state index contributed by atoms with van der Waals surface area (Å²) in [4.78, 5) is 7.82. The molecule has 0 fully saturated rings. The lowest BCUT2D eigenvalue weighted by Gasteiger charge is -2.01. The predicted molar refractivity (Wildman–Crippen MR) is 81.0 cm³/mol. The Morgan fingerprint density at radius 3 is 2.57 bits per heavy atom. The van der Waals surface area contributed by atoms with Gasteiger partial charge in [0.25, 0.3) is 0 Å². The number of sulfone groups is 1. The van der Waals surface area contributed by atoms with Crippen molar-refractivity contribution in [2.24, 2.45) is 0 Å². The molecule has 0 saturated heterocycles. The van der Waals surface area contributed by atoms with Gasteiger partial charge in [-0.3, -0.25) is 0 Å². The molecule has 108 valence electrons. The number of H-pyrrole nitrogens is 1. The second-order valence-electron chi connectivity index (χ2n) is 5.04. The van der Waals surface area contributed by atoms with Crippen LogP contribution in [-0.2, 0) is 9.84 Å². The van der Waals surface area contributed by atoms with Gasteiger partial charge in [-0.1, -0.05) is 0 Å². The van der Waals surface area contributed by atoms with Crippen molar-refractivity contribution in [1.29, 1.82) is 0 Å². The number of aromatic hydroxyl groups is 1. The molecule has 2 N–H and O–H groups in total. The third-order valence-electron chi connectivity index (χ3n) is 3.35. The van der Waals surface area contributed by atoms with Crippen molar-refractivity contribution in [2.45, 2.75) is 11.8 Å². The van der Waals surface area contributed by atoms with Gasteiger partial charge in [-0.2, -0.15) is 0 Å². The molecule has 0 saturated carbocycles. The molecule has 2 aromatic carbocycles. The molecule has 3 aromatic rings. The number of hydrogen-bond acceptors (Lipinski definition) is 4. The maximum atomic E-state index is 11.6. The first-order chi connectivity index (χ1) is 9.84. The second kappa shape index (κ2) is 4.60. The van der Waals surface area contributed by atoms with Crippen LogP contribution in [0.25, 0.3) is 22.4 Å². The van der Waals surface area contributed by atoms with Crippen LogP contribution < -0.4 is 0 Å². The monoisotopic (exact) mass is 302 g/mol. The average Bonchev–Trinajstić information content (AvgIpc) is 2.83. The summed E-state index contributed by atoms with van der Waals surface area (Å²) >= 11 is 0. The number of phenolic OH excluding ortho intramolecular Hbond substituents is 1. The van der Waals surface area contributed by atoms with E-state index in [4.69, 9.17) is 0 Å². The van der Waals surface area contributed by atoms with Crippen LogP contribution in [0.15, 0.2) is 41.3 Å². The molecule has 0 bridgehead atoms. The van der Waals surface area contributed by atoms with Crippen molar-refractivity contribution in [3.05, 3.63) is 42.0 Å². The molecule has 1 aromatic heterocycles. The van der Waals surface area contributed by atoms with Crippen LogP contribution >= 0.6 is 0 Å². The largest absolute Gasteiger partial charge is 0.508 e. The van der Waals surface area contributed by atoms with Gasteiger partial charge in [0.05, 0.1) is 15.9 Å². The Morgan fingerprint density at radius 1 is 1.14 bits per heavy atom. The van der Waals surface area contributed by atoms with Crippen molar-refractivity contribution >= 4 is 20.9 Å². The van der Waals surface area contributed by atoms with E-state index in [1.54, 1.807) is 30.3 Å². The number of hydrogen-bond donors (Lipinski definition) is 2. The summed E-state index contributed by atoms with van der Waals surface area (Å²) in [5.74, 6) is 0.868. The van der Waals surface area contributed by atoms with Crippen molar-refractivity contribution < 1.29 is 13.5 Å². The smallest absolute Gasteiger partial charge is 0.175 e. The lowest BCUT2D eigenvalue weighted by Crippen LogP contribution is -1.96. The molecule has 0 amide bonds. The molecular formula is C15H14N2O3S. The van der Waals surface area contributed by atoms with Crippen LogP contribution in [0.4, 0.5) is 0 Å². The van der Waals surface area contributed by atoms with Crippen LogP contribution in [0.5, 0.6) is 5.75 Å². The molecule has 1 heterocycles. The fourth-order valence-corrected chi connectivity index (χ4v) is 2.81. The van der Waals surface area contributed by atoms with E-state index < -0.39 is 9.84 Å². The van der Waals surface area contributed by atoms with E-state index in [9.17, 15) is 13.5 Å². The van der Waals surface area contributed by atoms with E-state index in [0.29, 0.717) is 16.9 Å². The van der Waals surface area contributed by atoms with E-state index in [2.05, 4.69) is 9.97 Å². The minimum absolute atomic E-state index is 0.231. The quantitative estimate of drug-likeness (QED) is 0.762. The van der Waals surface area contributed by atoms with Crippen molar-refractivity contribution in [3.63, 3.8) is 0 Å². The van der Waals surface area contributed by atoms with Gasteiger partial charge >= 0.3 is 0 Å². The molecule has 0 atom stereocenters. The first-order valence-corrected chi connectivity index (χ1v) is 8.23. The highest BCUT2D eigenvalue weighted by Crippen LogP contribution is 2.26. The lowest BCUT2D eigenvalue weighted by atomic mass is 10.1. The summed E-state index contributed by atoms with van der Waals surface area (Å²) < 4.78 is 23.1. The normalized spacial score (nSPS) is 11.9. The molecule has 0 aliphatic rings. The minimum Gasteiger partial charge on any atom is -0.508 e. The standard InChI is InChI=1S/C15H14N2O3S/c1-9-7-10(3-6-14(9)18)15-16-12-5-4-11(21(2,19)20)8-13(12)17-15/h3-8,18H,1-2H3,(H,16,17). The number of benzene rings is 2. The zero-order valence-electron chi connectivity index (χ0n) is 11.6. The van der Waals surface area contributed by atoms with Gasteiger partial charge in [-0.15, -0.1) is 0 Å². The zero-order valence-corrected chi connectivity index (χ0v) is 12.4. The van der Waals surface area contributed by atoms with Crippen molar-refractivity contribution in [2.75, 3.05) is 6.26 Å². The van der Waals surface area contributed by atoms with Gasteiger partial charge < -0.3 is 10.1 Å². The number of imidazole rings is 1. The summed E-state index contributed by atoms with van der Waals surface area (Å²) in [7, 11) is -3.24. The molecule has 6 heteroatoms. The van der Waals surface area contributed by atoms with Gasteiger partial charge in [0.15, 0.2) is 9.84 Å². The molecule has 5 nitrogen and oxygen atoms in total. The fourth-order valence-electron chi connectivity index (χ4n) is 2.16. The summed E-state index contributed by atoms with van der Waals surface area (Å²) in [5, 5.41) is 9.56. The molecule has 0 aliphatic carbocycles. The highest BCUT2D eigenvalue weighted by atomic mass is 32.2. The summed E-state index contributed by atoms with van der Waals surface area (Å²) in [6.07, 6.45) is 1.18. The van der Waals surface area contributed by atoms with Crippen LogP contribution in [0.2, 0.25) is 0 Å². The first kappa shape index (κ1) is 13.6. The molecule has 21 heavy (non-hydrogen) atoms. The van der Waals surface area contributed by atoms with E-state index in [1.165, 1.54) is 6.26 Å². The van der Waals surface area contributed by atoms with E-state index in [-0.39, 0.29) is 10.6 Å². The minimum atomic E-state index is -3.24. The highest BCUT2D eigenvalue weighted by Gasteiger charge is 2.11. The highest BCUT2D eigenvalue weighted by molar-refractivity contribution is 7.90. The Hall–Kier alpha value is -2.34. The van der Waals surface area contributed by atoms with Crippen molar-refractivity contribution in [3.8, 4) is 17.1 Å². The zero-order chi connectivity index (χ0) is 15.2. The number of aromatic amines is 1. The Bertz CT molecular complexity index is 943. The van der Waals surface area contributed by atoms with Crippen LogP contribution in [0.3, 0.4) is 0 Å². The number of phenols is 1. The number of aryl methyl sites for hydroxylation is 1. The maximum Gasteiger partial charge on any atom is 0.175 e. The Labute approximate surface area is 122 Å². The third kappa shape index (κ3) is 2.50. The molecule has 3 rings (SSSR count). The number of fused-ring (bicyclic) bond motifs is 1. The average molecular weight is 302 g/mol. The van der Waals surface area contributed by atoms with Gasteiger partial charge in [0, 0.05) is 11.8 Å². The van der Waals surface area contributed by atoms with Crippen LogP contribution in [0.1, 0.15) is 5.56 Å². The number of rotatable bonds is 2. The SMILES string of the molecule is Cc1cc(-c2nc3ccc(S(C)(=O)=O)cc3[nH]2)ccc1O. The van der Waals surface area contributed by atoms with Gasteiger partial charge in [-0.05, 0) is 48.9 Å². The third-order valence-corrected chi connectivity index (χ3v) is 4.46. The maximum absolute atomic E-state index is 11.6. The summed E-state index contributed by atoms with van der Waals surface area (Å²) in [5.41, 5.74) is 2.95. The van der Waals surface area contributed by atoms with E-state index >= 15 is 0 Å². The summed E-state index contributed by atoms with van der Waals surface area (Å²) in [6.45, 7) is 1.81. The summed E-state index contributed by atoms with van der Waals surface area (Å²) in [6, 6.07) is 10.00. The van der Waals surface area contributed by atoms with E-state index in [1.807, 2.05) is 13.0 Å². The van der Waals surface area contributed by atoms with Gasteiger partial charge in [0.1, 0.15) is 11.6 Å². The van der Waals surface area contributed by atoms with Crippen molar-refractivity contribution in [1.82, 2.24) is 9.97 Å².